The second kappa shape index (κ2) is 5.15. The van der Waals surface area contributed by atoms with Crippen LogP contribution in [0.1, 0.15) is 5.56 Å². The molecule has 0 amide bonds. The van der Waals surface area contributed by atoms with Gasteiger partial charge in [-0.3, -0.25) is 0 Å². The lowest BCUT2D eigenvalue weighted by atomic mass is 10.2. The molecule has 0 bridgehead atoms. The zero-order valence-electron chi connectivity index (χ0n) is 7.26. The lowest BCUT2D eigenvalue weighted by Crippen LogP contribution is -1.93. The minimum atomic E-state index is 0.477. The third kappa shape index (κ3) is 3.29. The van der Waals surface area contributed by atoms with E-state index >= 15 is 0 Å². The molecule has 0 saturated heterocycles. The van der Waals surface area contributed by atoms with Gasteiger partial charge in [-0.05, 0) is 36.8 Å². The summed E-state index contributed by atoms with van der Waals surface area (Å²) in [5.74, 6) is 0.802. The van der Waals surface area contributed by atoms with E-state index in [2.05, 4.69) is 0 Å². The zero-order valence-corrected chi connectivity index (χ0v) is 8.77. The van der Waals surface area contributed by atoms with E-state index in [0.717, 1.165) is 16.3 Å². The van der Waals surface area contributed by atoms with Crippen molar-refractivity contribution in [3.05, 3.63) is 40.4 Å². The van der Waals surface area contributed by atoms with Gasteiger partial charge in [-0.2, -0.15) is 0 Å². The second-order valence-electron chi connectivity index (χ2n) is 2.58. The second-order valence-corrected chi connectivity index (χ2v) is 3.24. The number of halogens is 2. The Bertz CT molecular complexity index is 308. The van der Waals surface area contributed by atoms with E-state index in [4.69, 9.17) is 27.9 Å². The molecule has 0 aliphatic heterocycles. The third-order valence-electron chi connectivity index (χ3n) is 1.56. The van der Waals surface area contributed by atoms with Crippen molar-refractivity contribution in [1.82, 2.24) is 0 Å². The van der Waals surface area contributed by atoms with Gasteiger partial charge in [-0.25, -0.2) is 0 Å². The van der Waals surface area contributed by atoms with Gasteiger partial charge in [0.15, 0.2) is 0 Å². The summed E-state index contributed by atoms with van der Waals surface area (Å²) in [4.78, 5) is 0. The minimum absolute atomic E-state index is 0.477. The maximum absolute atomic E-state index is 5.85. The van der Waals surface area contributed by atoms with Gasteiger partial charge < -0.3 is 4.74 Å². The number of rotatable bonds is 3. The molecular weight excluding hydrogens is 207 g/mol. The van der Waals surface area contributed by atoms with E-state index in [0.29, 0.717) is 6.61 Å². The lowest BCUT2D eigenvalue weighted by Gasteiger charge is -2.04. The van der Waals surface area contributed by atoms with Gasteiger partial charge in [-0.15, -0.1) is 0 Å². The number of benzene rings is 1. The fraction of sp³-hybridized carbons (Fsp3) is 0.200. The molecule has 0 aliphatic carbocycles. The fourth-order valence-electron chi connectivity index (χ4n) is 0.888. The number of hydrogen-bond acceptors (Lipinski definition) is 1. The third-order valence-corrected chi connectivity index (χ3v) is 2.17. The summed E-state index contributed by atoms with van der Waals surface area (Å²) >= 11 is 11.2. The van der Waals surface area contributed by atoms with E-state index in [-0.39, 0.29) is 0 Å². The molecule has 0 aliphatic rings. The molecule has 0 atom stereocenters. The highest BCUT2D eigenvalue weighted by Crippen LogP contribution is 2.20. The van der Waals surface area contributed by atoms with E-state index < -0.39 is 0 Å². The molecule has 0 N–H and O–H groups in total. The highest BCUT2D eigenvalue weighted by atomic mass is 35.5. The number of hydrogen-bond donors (Lipinski definition) is 0. The molecule has 70 valence electrons. The Labute approximate surface area is 87.9 Å². The first-order valence-electron chi connectivity index (χ1n) is 3.88. The summed E-state index contributed by atoms with van der Waals surface area (Å²) in [6, 6.07) is 5.54. The van der Waals surface area contributed by atoms with Crippen LogP contribution >= 0.6 is 23.2 Å². The molecule has 1 nitrogen and oxygen atoms in total. The summed E-state index contributed by atoms with van der Waals surface area (Å²) in [7, 11) is 0. The molecule has 1 aromatic carbocycles. The van der Waals surface area contributed by atoms with Crippen molar-refractivity contribution < 1.29 is 4.74 Å². The van der Waals surface area contributed by atoms with Crippen LogP contribution in [-0.4, -0.2) is 6.61 Å². The molecule has 0 spiro atoms. The van der Waals surface area contributed by atoms with Crippen LogP contribution in [0.2, 0.25) is 5.02 Å². The quantitative estimate of drug-likeness (QED) is 0.748. The largest absolute Gasteiger partial charge is 0.489 e. The maximum Gasteiger partial charge on any atom is 0.120 e. The Morgan fingerprint density at radius 2 is 2.23 bits per heavy atom. The fourth-order valence-corrected chi connectivity index (χ4v) is 1.08. The highest BCUT2D eigenvalue weighted by Gasteiger charge is 1.96. The van der Waals surface area contributed by atoms with Crippen molar-refractivity contribution in [3.63, 3.8) is 0 Å². The van der Waals surface area contributed by atoms with Crippen LogP contribution in [0, 0.1) is 6.92 Å². The predicted octanol–water partition coefficient (Wildman–Crippen LogP) is 3.78. The zero-order chi connectivity index (χ0) is 9.68. The molecule has 0 fully saturated rings. The van der Waals surface area contributed by atoms with Gasteiger partial charge in [0.2, 0.25) is 0 Å². The molecule has 0 unspecified atom stereocenters. The van der Waals surface area contributed by atoms with Crippen LogP contribution < -0.4 is 4.74 Å². The first kappa shape index (κ1) is 10.4. The van der Waals surface area contributed by atoms with Crippen LogP contribution in [-0.2, 0) is 0 Å². The molecular formula is C10H10Cl2O. The molecule has 0 saturated carbocycles. The highest BCUT2D eigenvalue weighted by molar-refractivity contribution is 6.31. The van der Waals surface area contributed by atoms with Crippen LogP contribution in [0.4, 0.5) is 0 Å². The molecule has 0 radical (unpaired) electrons. The summed E-state index contributed by atoms with van der Waals surface area (Å²) in [5, 5.41) is 0.750. The Balaban J connectivity index is 2.63. The van der Waals surface area contributed by atoms with Crippen molar-refractivity contribution >= 4 is 23.2 Å². The van der Waals surface area contributed by atoms with E-state index in [1.165, 1.54) is 5.54 Å². The first-order chi connectivity index (χ1) is 6.24. The molecule has 3 heteroatoms. The van der Waals surface area contributed by atoms with Gasteiger partial charge >= 0.3 is 0 Å². The Kier molecular flexibility index (Phi) is 4.13. The molecule has 0 heterocycles. The van der Waals surface area contributed by atoms with Crippen molar-refractivity contribution in [2.45, 2.75) is 6.92 Å². The van der Waals surface area contributed by atoms with E-state index in [1.807, 2.05) is 25.1 Å². The number of aryl methyl sites for hydroxylation is 1. The van der Waals surface area contributed by atoms with Crippen molar-refractivity contribution in [3.8, 4) is 5.75 Å². The van der Waals surface area contributed by atoms with Crippen molar-refractivity contribution in [2.75, 3.05) is 6.61 Å². The maximum atomic E-state index is 5.85. The molecule has 1 rings (SSSR count). The van der Waals surface area contributed by atoms with Crippen molar-refractivity contribution in [2.24, 2.45) is 0 Å². The smallest absolute Gasteiger partial charge is 0.120 e. The minimum Gasteiger partial charge on any atom is -0.489 e. The summed E-state index contributed by atoms with van der Waals surface area (Å²) < 4.78 is 5.35. The Morgan fingerprint density at radius 3 is 2.85 bits per heavy atom. The molecule has 13 heavy (non-hydrogen) atoms. The van der Waals surface area contributed by atoms with Crippen LogP contribution in [0.3, 0.4) is 0 Å². The normalized spacial score (nSPS) is 10.7. The van der Waals surface area contributed by atoms with Crippen LogP contribution in [0.5, 0.6) is 5.75 Å². The van der Waals surface area contributed by atoms with E-state index in [9.17, 15) is 0 Å². The number of ether oxygens (including phenoxy) is 1. The lowest BCUT2D eigenvalue weighted by molar-refractivity contribution is 0.363. The standard InChI is InChI=1S/C10H10Cl2O/c1-8-7-9(3-4-10(8)12)13-6-2-5-11/h2-5,7H,6H2,1H3/b5-2+. The van der Waals surface area contributed by atoms with Gasteiger partial charge in [-0.1, -0.05) is 23.2 Å². The van der Waals surface area contributed by atoms with Crippen LogP contribution in [0.15, 0.2) is 29.8 Å². The SMILES string of the molecule is Cc1cc(OC/C=C/Cl)ccc1Cl. The first-order valence-corrected chi connectivity index (χ1v) is 4.69. The summed E-state index contributed by atoms with van der Waals surface area (Å²) in [5.41, 5.74) is 2.44. The predicted molar refractivity (Wildman–Crippen MR) is 56.7 cm³/mol. The van der Waals surface area contributed by atoms with Gasteiger partial charge in [0.25, 0.3) is 0 Å². The Morgan fingerprint density at radius 1 is 1.46 bits per heavy atom. The van der Waals surface area contributed by atoms with Gasteiger partial charge in [0.1, 0.15) is 12.4 Å². The monoisotopic (exact) mass is 216 g/mol. The topological polar surface area (TPSA) is 9.23 Å². The Hall–Kier alpha value is -0.660. The van der Waals surface area contributed by atoms with Crippen LogP contribution in [0.25, 0.3) is 0 Å². The van der Waals surface area contributed by atoms with Crippen molar-refractivity contribution in [1.29, 1.82) is 0 Å². The summed E-state index contributed by atoms with van der Waals surface area (Å²) in [6.07, 6.45) is 1.73. The van der Waals surface area contributed by atoms with Gasteiger partial charge in [0, 0.05) is 10.6 Å². The van der Waals surface area contributed by atoms with E-state index in [1.54, 1.807) is 6.08 Å². The molecule has 0 aromatic heterocycles. The molecule has 1 aromatic rings. The van der Waals surface area contributed by atoms with Gasteiger partial charge in [0.05, 0.1) is 0 Å². The summed E-state index contributed by atoms with van der Waals surface area (Å²) in [6.45, 7) is 2.41. The average Bonchev–Trinajstić information content (AvgIpc) is 2.12. The average molecular weight is 217 g/mol.